The molecule has 3 rings (SSSR count). The Labute approximate surface area is 178 Å². The summed E-state index contributed by atoms with van der Waals surface area (Å²) in [6.07, 6.45) is 4.14. The maximum absolute atomic E-state index is 12.2. The molecule has 3 atom stereocenters. The minimum Gasteiger partial charge on any atom is -0.479 e. The molecule has 0 radical (unpaired) electrons. The molecule has 152 valence electrons. The SMILES string of the molecule is C[C@H](Oc1ccc(Cl)cc1Cl)c1nnc(SCC(=O)N[C@@H]2CCCC[C@@H]2C)o1. The van der Waals surface area contributed by atoms with E-state index in [-0.39, 0.29) is 17.7 Å². The zero-order chi connectivity index (χ0) is 20.1. The minimum atomic E-state index is -0.488. The maximum Gasteiger partial charge on any atom is 0.277 e. The second kappa shape index (κ2) is 9.85. The average Bonchev–Trinajstić information content (AvgIpc) is 3.13. The second-order valence-corrected chi connectivity index (χ2v) is 8.74. The highest BCUT2D eigenvalue weighted by Gasteiger charge is 2.23. The fraction of sp³-hybridized carbons (Fsp3) is 0.526. The highest BCUT2D eigenvalue weighted by Crippen LogP contribution is 2.31. The zero-order valence-corrected chi connectivity index (χ0v) is 18.1. The Hall–Kier alpha value is -1.44. The number of hydrogen-bond donors (Lipinski definition) is 1. The maximum atomic E-state index is 12.2. The number of hydrogen-bond acceptors (Lipinski definition) is 6. The van der Waals surface area contributed by atoms with Crippen molar-refractivity contribution >= 4 is 40.9 Å². The van der Waals surface area contributed by atoms with E-state index in [0.717, 1.165) is 6.42 Å². The monoisotopic (exact) mass is 443 g/mol. The van der Waals surface area contributed by atoms with E-state index in [2.05, 4.69) is 22.4 Å². The summed E-state index contributed by atoms with van der Waals surface area (Å²) in [5.74, 6) is 1.54. The van der Waals surface area contributed by atoms with E-state index in [0.29, 0.717) is 32.8 Å². The number of carbonyl (C=O) groups is 1. The first kappa shape index (κ1) is 21.3. The van der Waals surface area contributed by atoms with Gasteiger partial charge in [-0.25, -0.2) is 0 Å². The predicted molar refractivity (Wildman–Crippen MR) is 110 cm³/mol. The lowest BCUT2D eigenvalue weighted by Crippen LogP contribution is -2.41. The summed E-state index contributed by atoms with van der Waals surface area (Å²) in [5.41, 5.74) is 0. The molecule has 1 amide bonds. The van der Waals surface area contributed by atoms with Crippen LogP contribution in [0.2, 0.25) is 10.0 Å². The van der Waals surface area contributed by atoms with Gasteiger partial charge in [0.1, 0.15) is 5.75 Å². The van der Waals surface area contributed by atoms with Gasteiger partial charge in [0.2, 0.25) is 5.91 Å². The second-order valence-electron chi connectivity index (χ2n) is 6.97. The lowest BCUT2D eigenvalue weighted by molar-refractivity contribution is -0.119. The summed E-state index contributed by atoms with van der Waals surface area (Å²) in [4.78, 5) is 12.2. The van der Waals surface area contributed by atoms with E-state index in [1.165, 1.54) is 31.0 Å². The molecule has 1 aromatic carbocycles. The van der Waals surface area contributed by atoms with Gasteiger partial charge in [-0.15, -0.1) is 10.2 Å². The van der Waals surface area contributed by atoms with Crippen LogP contribution >= 0.6 is 35.0 Å². The average molecular weight is 444 g/mol. The molecule has 1 aliphatic carbocycles. The molecule has 9 heteroatoms. The lowest BCUT2D eigenvalue weighted by Gasteiger charge is -2.29. The number of thioether (sulfide) groups is 1. The third kappa shape index (κ3) is 5.78. The van der Waals surface area contributed by atoms with Crippen LogP contribution in [0.15, 0.2) is 27.8 Å². The number of aromatic nitrogens is 2. The lowest BCUT2D eigenvalue weighted by atomic mass is 9.86. The highest BCUT2D eigenvalue weighted by molar-refractivity contribution is 7.99. The van der Waals surface area contributed by atoms with E-state index in [1.54, 1.807) is 25.1 Å². The fourth-order valence-corrected chi connectivity index (χ4v) is 4.19. The molecule has 1 saturated carbocycles. The summed E-state index contributed by atoms with van der Waals surface area (Å²) in [7, 11) is 0. The summed E-state index contributed by atoms with van der Waals surface area (Å²) in [6.45, 7) is 3.97. The Morgan fingerprint density at radius 1 is 1.36 bits per heavy atom. The molecule has 1 N–H and O–H groups in total. The number of halogens is 2. The minimum absolute atomic E-state index is 0.0132. The molecule has 6 nitrogen and oxygen atoms in total. The van der Waals surface area contributed by atoms with Crippen molar-refractivity contribution in [3.05, 3.63) is 34.1 Å². The van der Waals surface area contributed by atoms with Crippen LogP contribution in [-0.2, 0) is 4.79 Å². The van der Waals surface area contributed by atoms with E-state index in [1.807, 2.05) is 0 Å². The molecular weight excluding hydrogens is 421 g/mol. The van der Waals surface area contributed by atoms with E-state index in [9.17, 15) is 4.79 Å². The highest BCUT2D eigenvalue weighted by atomic mass is 35.5. The standard InChI is InChI=1S/C19H23Cl2N3O3S/c1-11-5-3-4-6-15(11)22-17(25)10-28-19-24-23-18(27-19)12(2)26-16-8-7-13(20)9-14(16)21/h7-9,11-12,15H,3-6,10H2,1-2H3,(H,22,25)/t11-,12-,15+/m0/s1. The first-order valence-corrected chi connectivity index (χ1v) is 11.0. The van der Waals surface area contributed by atoms with Gasteiger partial charge in [-0.05, 0) is 43.9 Å². The van der Waals surface area contributed by atoms with Crippen molar-refractivity contribution in [2.75, 3.05) is 5.75 Å². The Bertz CT molecular complexity index is 817. The van der Waals surface area contributed by atoms with Crippen molar-refractivity contribution in [1.29, 1.82) is 0 Å². The molecule has 28 heavy (non-hydrogen) atoms. The van der Waals surface area contributed by atoms with E-state index in [4.69, 9.17) is 32.4 Å². The van der Waals surface area contributed by atoms with Gasteiger partial charge in [-0.2, -0.15) is 0 Å². The van der Waals surface area contributed by atoms with Gasteiger partial charge in [0.25, 0.3) is 11.1 Å². The first-order chi connectivity index (χ1) is 13.4. The molecule has 0 unspecified atom stereocenters. The molecule has 0 spiro atoms. The third-order valence-electron chi connectivity index (χ3n) is 4.75. The first-order valence-electron chi connectivity index (χ1n) is 9.29. The van der Waals surface area contributed by atoms with Crippen LogP contribution in [-0.4, -0.2) is 27.9 Å². The van der Waals surface area contributed by atoms with Crippen molar-refractivity contribution < 1.29 is 13.9 Å². The van der Waals surface area contributed by atoms with Crippen molar-refractivity contribution in [2.45, 2.75) is 56.9 Å². The van der Waals surface area contributed by atoms with Crippen molar-refractivity contribution in [3.63, 3.8) is 0 Å². The Morgan fingerprint density at radius 3 is 2.89 bits per heavy atom. The molecule has 1 heterocycles. The van der Waals surface area contributed by atoms with Crippen molar-refractivity contribution in [3.8, 4) is 5.75 Å². The molecule has 1 fully saturated rings. The van der Waals surface area contributed by atoms with E-state index >= 15 is 0 Å². The van der Waals surface area contributed by atoms with Crippen LogP contribution < -0.4 is 10.1 Å². The zero-order valence-electron chi connectivity index (χ0n) is 15.8. The van der Waals surface area contributed by atoms with Crippen molar-refractivity contribution in [1.82, 2.24) is 15.5 Å². The largest absolute Gasteiger partial charge is 0.479 e. The molecule has 1 aromatic heterocycles. The summed E-state index contributed by atoms with van der Waals surface area (Å²) in [6, 6.07) is 5.24. The van der Waals surface area contributed by atoms with Gasteiger partial charge < -0.3 is 14.5 Å². The summed E-state index contributed by atoms with van der Waals surface area (Å²) < 4.78 is 11.4. The van der Waals surface area contributed by atoms with Gasteiger partial charge >= 0.3 is 0 Å². The molecule has 0 aliphatic heterocycles. The van der Waals surface area contributed by atoms with E-state index < -0.39 is 6.10 Å². The Balaban J connectivity index is 1.50. The van der Waals surface area contributed by atoms with Gasteiger partial charge in [0, 0.05) is 11.1 Å². The number of rotatable bonds is 7. The molecule has 1 aliphatic rings. The van der Waals surface area contributed by atoms with Gasteiger partial charge in [-0.1, -0.05) is 54.7 Å². The van der Waals surface area contributed by atoms with Crippen LogP contribution in [0.4, 0.5) is 0 Å². The van der Waals surface area contributed by atoms with Crippen LogP contribution in [0.1, 0.15) is 51.5 Å². The molecular formula is C19H23Cl2N3O3S. The van der Waals surface area contributed by atoms with Crippen LogP contribution in [0.5, 0.6) is 5.75 Å². The Kier molecular flexibility index (Phi) is 7.48. The fourth-order valence-electron chi connectivity index (χ4n) is 3.16. The number of benzene rings is 1. The number of carbonyl (C=O) groups excluding carboxylic acids is 1. The number of nitrogens with zero attached hydrogens (tertiary/aromatic N) is 2. The summed E-state index contributed by atoms with van der Waals surface area (Å²) >= 11 is 13.2. The van der Waals surface area contributed by atoms with Gasteiger partial charge in [-0.3, -0.25) is 4.79 Å². The van der Waals surface area contributed by atoms with Crippen LogP contribution in [0, 0.1) is 5.92 Å². The predicted octanol–water partition coefficient (Wildman–Crippen LogP) is 5.30. The topological polar surface area (TPSA) is 77.2 Å². The normalized spacial score (nSPS) is 20.6. The molecule has 0 saturated heterocycles. The van der Waals surface area contributed by atoms with Crippen molar-refractivity contribution in [2.24, 2.45) is 5.92 Å². The number of nitrogens with one attached hydrogen (secondary N) is 1. The summed E-state index contributed by atoms with van der Waals surface area (Å²) in [5, 5.41) is 12.4. The number of amides is 1. The smallest absolute Gasteiger partial charge is 0.277 e. The van der Waals surface area contributed by atoms with Crippen LogP contribution in [0.3, 0.4) is 0 Å². The molecule has 0 bridgehead atoms. The third-order valence-corrected chi connectivity index (χ3v) is 6.10. The van der Waals surface area contributed by atoms with Gasteiger partial charge in [0.15, 0.2) is 6.10 Å². The number of ether oxygens (including phenoxy) is 1. The van der Waals surface area contributed by atoms with Gasteiger partial charge in [0.05, 0.1) is 10.8 Å². The quantitative estimate of drug-likeness (QED) is 0.584. The van der Waals surface area contributed by atoms with Crippen LogP contribution in [0.25, 0.3) is 0 Å². The Morgan fingerprint density at radius 2 is 2.14 bits per heavy atom. The molecule has 2 aromatic rings.